The first-order chi connectivity index (χ1) is 13.7. The zero-order valence-electron chi connectivity index (χ0n) is 17.7. The zero-order chi connectivity index (χ0) is 21.6. The molecule has 1 amide bonds. The quantitative estimate of drug-likeness (QED) is 0.668. The molecule has 0 aliphatic heterocycles. The molecule has 0 bridgehead atoms. The van der Waals surface area contributed by atoms with Crippen LogP contribution in [0.2, 0.25) is 0 Å². The third kappa shape index (κ3) is 6.22. The van der Waals surface area contributed by atoms with E-state index in [-0.39, 0.29) is 11.9 Å². The van der Waals surface area contributed by atoms with Crippen LogP contribution < -0.4 is 14.4 Å². The summed E-state index contributed by atoms with van der Waals surface area (Å²) in [4.78, 5) is 12.8. The van der Waals surface area contributed by atoms with Gasteiger partial charge in [0.15, 0.2) is 0 Å². The van der Waals surface area contributed by atoms with E-state index < -0.39 is 10.0 Å². The van der Waals surface area contributed by atoms with Gasteiger partial charge in [0.25, 0.3) is 5.91 Å². The van der Waals surface area contributed by atoms with Gasteiger partial charge in [-0.1, -0.05) is 26.0 Å². The summed E-state index contributed by atoms with van der Waals surface area (Å²) in [6.07, 6.45) is 1.97. The highest BCUT2D eigenvalue weighted by Crippen LogP contribution is 2.24. The highest BCUT2D eigenvalue weighted by Gasteiger charge is 2.19. The molecule has 0 spiro atoms. The van der Waals surface area contributed by atoms with Gasteiger partial charge in [0.2, 0.25) is 10.0 Å². The molecule has 0 radical (unpaired) electrons. The van der Waals surface area contributed by atoms with Crippen molar-refractivity contribution in [2.45, 2.75) is 33.2 Å². The van der Waals surface area contributed by atoms with E-state index in [1.54, 1.807) is 38.3 Å². The molecule has 1 atom stereocenters. The number of carbonyl (C=O) groups excluding carboxylic acids is 1. The summed E-state index contributed by atoms with van der Waals surface area (Å²) in [5.41, 5.74) is 2.04. The highest BCUT2D eigenvalue weighted by atomic mass is 32.2. The van der Waals surface area contributed by atoms with Crippen LogP contribution in [-0.4, -0.2) is 34.2 Å². The SMILES string of the molecule is CCN(c1ccc(C(=O)N[C@H](CC(C)C)c2ccc(OC)cc2)cc1)S(C)(=O)=O. The lowest BCUT2D eigenvalue weighted by atomic mass is 9.96. The summed E-state index contributed by atoms with van der Waals surface area (Å²) >= 11 is 0. The summed E-state index contributed by atoms with van der Waals surface area (Å²) in [6, 6.07) is 14.2. The van der Waals surface area contributed by atoms with Crippen molar-refractivity contribution >= 4 is 21.6 Å². The van der Waals surface area contributed by atoms with Crippen LogP contribution in [0.15, 0.2) is 48.5 Å². The summed E-state index contributed by atoms with van der Waals surface area (Å²) in [6.45, 7) is 6.33. The van der Waals surface area contributed by atoms with Gasteiger partial charge in [0, 0.05) is 12.1 Å². The van der Waals surface area contributed by atoms with Crippen LogP contribution in [-0.2, 0) is 10.0 Å². The Balaban J connectivity index is 2.20. The van der Waals surface area contributed by atoms with E-state index >= 15 is 0 Å². The number of carbonyl (C=O) groups is 1. The fourth-order valence-corrected chi connectivity index (χ4v) is 4.19. The number of anilines is 1. The van der Waals surface area contributed by atoms with Gasteiger partial charge in [-0.2, -0.15) is 0 Å². The van der Waals surface area contributed by atoms with Gasteiger partial charge < -0.3 is 10.1 Å². The minimum absolute atomic E-state index is 0.128. The Labute approximate surface area is 173 Å². The molecule has 29 heavy (non-hydrogen) atoms. The molecule has 0 fully saturated rings. The van der Waals surface area contributed by atoms with E-state index in [0.29, 0.717) is 23.7 Å². The molecular weight excluding hydrogens is 388 g/mol. The Morgan fingerprint density at radius 2 is 1.66 bits per heavy atom. The van der Waals surface area contributed by atoms with Crippen LogP contribution in [0.3, 0.4) is 0 Å². The zero-order valence-corrected chi connectivity index (χ0v) is 18.5. The molecule has 158 valence electrons. The van der Waals surface area contributed by atoms with Crippen LogP contribution in [0.5, 0.6) is 5.75 Å². The van der Waals surface area contributed by atoms with Crippen molar-refractivity contribution < 1.29 is 17.9 Å². The van der Waals surface area contributed by atoms with Crippen molar-refractivity contribution in [1.82, 2.24) is 5.32 Å². The third-order valence-corrected chi connectivity index (χ3v) is 5.91. The van der Waals surface area contributed by atoms with Gasteiger partial charge in [-0.25, -0.2) is 8.42 Å². The maximum absolute atomic E-state index is 12.8. The van der Waals surface area contributed by atoms with Gasteiger partial charge in [-0.3, -0.25) is 9.10 Å². The van der Waals surface area contributed by atoms with Crippen LogP contribution >= 0.6 is 0 Å². The molecule has 0 aliphatic carbocycles. The molecule has 0 aliphatic rings. The molecule has 2 aromatic carbocycles. The number of rotatable bonds is 9. The Hall–Kier alpha value is -2.54. The number of methoxy groups -OCH3 is 1. The number of benzene rings is 2. The molecule has 1 N–H and O–H groups in total. The average molecular weight is 419 g/mol. The van der Waals surface area contributed by atoms with Gasteiger partial charge in [-0.15, -0.1) is 0 Å². The van der Waals surface area contributed by atoms with E-state index in [4.69, 9.17) is 4.74 Å². The van der Waals surface area contributed by atoms with Crippen molar-refractivity contribution in [2.75, 3.05) is 24.2 Å². The normalized spacial score (nSPS) is 12.5. The Morgan fingerprint density at radius 1 is 1.07 bits per heavy atom. The number of amides is 1. The third-order valence-electron chi connectivity index (χ3n) is 4.64. The van der Waals surface area contributed by atoms with E-state index in [2.05, 4.69) is 19.2 Å². The van der Waals surface area contributed by atoms with Gasteiger partial charge >= 0.3 is 0 Å². The number of nitrogens with one attached hydrogen (secondary N) is 1. The molecule has 0 saturated heterocycles. The fourth-order valence-electron chi connectivity index (χ4n) is 3.22. The minimum atomic E-state index is -3.35. The Morgan fingerprint density at radius 3 is 2.10 bits per heavy atom. The number of hydrogen-bond donors (Lipinski definition) is 1. The maximum Gasteiger partial charge on any atom is 0.251 e. The Kier molecular flexibility index (Phi) is 7.67. The lowest BCUT2D eigenvalue weighted by molar-refractivity contribution is 0.0932. The Bertz CT molecular complexity index is 907. The highest BCUT2D eigenvalue weighted by molar-refractivity contribution is 7.92. The van der Waals surface area contributed by atoms with Crippen molar-refractivity contribution in [3.05, 3.63) is 59.7 Å². The van der Waals surface area contributed by atoms with E-state index in [1.165, 1.54) is 10.6 Å². The second-order valence-corrected chi connectivity index (χ2v) is 9.31. The average Bonchev–Trinajstić information content (AvgIpc) is 2.67. The molecule has 0 unspecified atom stereocenters. The van der Waals surface area contributed by atoms with Crippen molar-refractivity contribution in [2.24, 2.45) is 5.92 Å². The lowest BCUT2D eigenvalue weighted by Gasteiger charge is -2.22. The lowest BCUT2D eigenvalue weighted by Crippen LogP contribution is -2.30. The number of sulfonamides is 1. The predicted molar refractivity (Wildman–Crippen MR) is 117 cm³/mol. The fraction of sp³-hybridized carbons (Fsp3) is 0.409. The summed E-state index contributed by atoms with van der Waals surface area (Å²) < 4.78 is 30.2. The first-order valence-corrected chi connectivity index (χ1v) is 11.5. The van der Waals surface area contributed by atoms with E-state index in [0.717, 1.165) is 17.7 Å². The summed E-state index contributed by atoms with van der Waals surface area (Å²) in [7, 11) is -1.73. The van der Waals surface area contributed by atoms with E-state index in [1.807, 2.05) is 24.3 Å². The van der Waals surface area contributed by atoms with Crippen LogP contribution in [0.25, 0.3) is 0 Å². The number of ether oxygens (including phenoxy) is 1. The van der Waals surface area contributed by atoms with E-state index in [9.17, 15) is 13.2 Å². The molecular formula is C22H30N2O4S. The summed E-state index contributed by atoms with van der Waals surface area (Å²) in [5.74, 6) is 0.975. The number of hydrogen-bond acceptors (Lipinski definition) is 4. The van der Waals surface area contributed by atoms with Crippen molar-refractivity contribution in [3.8, 4) is 5.75 Å². The maximum atomic E-state index is 12.8. The first-order valence-electron chi connectivity index (χ1n) is 9.68. The topological polar surface area (TPSA) is 75.7 Å². The largest absolute Gasteiger partial charge is 0.497 e. The standard InChI is InChI=1S/C22H30N2O4S/c1-6-24(29(5,26)27)19-11-7-18(8-12-19)22(25)23-21(15-16(2)3)17-9-13-20(28-4)14-10-17/h7-14,16,21H,6,15H2,1-5H3,(H,23,25)/t21-/m1/s1. The second kappa shape index (κ2) is 9.78. The predicted octanol–water partition coefficient (Wildman–Crippen LogP) is 4.00. The van der Waals surface area contributed by atoms with Gasteiger partial charge in [-0.05, 0) is 61.2 Å². The molecule has 7 heteroatoms. The van der Waals surface area contributed by atoms with Crippen molar-refractivity contribution in [3.63, 3.8) is 0 Å². The first kappa shape index (κ1) is 22.7. The molecule has 0 aromatic heterocycles. The minimum Gasteiger partial charge on any atom is -0.497 e. The molecule has 2 aromatic rings. The molecule has 6 nitrogen and oxygen atoms in total. The smallest absolute Gasteiger partial charge is 0.251 e. The molecule has 2 rings (SSSR count). The van der Waals surface area contributed by atoms with Crippen LogP contribution in [0.4, 0.5) is 5.69 Å². The van der Waals surface area contributed by atoms with Crippen LogP contribution in [0, 0.1) is 5.92 Å². The monoisotopic (exact) mass is 418 g/mol. The van der Waals surface area contributed by atoms with Crippen LogP contribution in [0.1, 0.15) is 49.2 Å². The molecule has 0 heterocycles. The molecule has 0 saturated carbocycles. The van der Waals surface area contributed by atoms with Crippen molar-refractivity contribution in [1.29, 1.82) is 0 Å². The van der Waals surface area contributed by atoms with Gasteiger partial charge in [0.1, 0.15) is 5.75 Å². The number of nitrogens with zero attached hydrogens (tertiary/aromatic N) is 1. The summed E-state index contributed by atoms with van der Waals surface area (Å²) in [5, 5.41) is 3.10. The second-order valence-electron chi connectivity index (χ2n) is 7.40. The van der Waals surface area contributed by atoms with Gasteiger partial charge in [0.05, 0.1) is 25.1 Å².